The van der Waals surface area contributed by atoms with Crippen LogP contribution in [0.1, 0.15) is 0 Å². The number of hydrogen-bond acceptors (Lipinski definition) is 3. The van der Waals surface area contributed by atoms with Crippen LogP contribution in [0.3, 0.4) is 0 Å². The Morgan fingerprint density at radius 2 is 2.56 bits per heavy atom. The molecule has 1 rings (SSSR count). The lowest BCUT2D eigenvalue weighted by Crippen LogP contribution is -2.22. The molecular formula is C6H7NO2. The third-order valence-electron chi connectivity index (χ3n) is 1.04. The smallest absolute Gasteiger partial charge is 0.192 e. The van der Waals surface area contributed by atoms with Crippen LogP contribution in [0.25, 0.3) is 0 Å². The monoisotopic (exact) mass is 125 g/mol. The largest absolute Gasteiger partial charge is 0.484 e. The summed E-state index contributed by atoms with van der Waals surface area (Å²) in [5.74, 6) is 0. The lowest BCUT2D eigenvalue weighted by atomic mass is 10.2. The van der Waals surface area contributed by atoms with E-state index in [9.17, 15) is 4.79 Å². The zero-order valence-corrected chi connectivity index (χ0v) is 4.78. The summed E-state index contributed by atoms with van der Waals surface area (Å²) in [6.45, 7) is 0. The van der Waals surface area contributed by atoms with Gasteiger partial charge in [0.2, 0.25) is 0 Å². The van der Waals surface area contributed by atoms with Crippen molar-refractivity contribution >= 4 is 6.29 Å². The van der Waals surface area contributed by atoms with Crippen LogP contribution < -0.4 is 5.73 Å². The highest BCUT2D eigenvalue weighted by atomic mass is 16.5. The summed E-state index contributed by atoms with van der Waals surface area (Å²) in [4.78, 5) is 10.1. The molecule has 1 unspecified atom stereocenters. The van der Waals surface area contributed by atoms with Crippen molar-refractivity contribution < 1.29 is 9.53 Å². The molecule has 0 saturated carbocycles. The van der Waals surface area contributed by atoms with Crippen LogP contribution in [0.4, 0.5) is 0 Å². The fraction of sp³-hybridized carbons (Fsp3) is 0.167. The molecule has 0 spiro atoms. The Bertz CT molecular complexity index is 172. The Morgan fingerprint density at radius 3 is 3.00 bits per heavy atom. The Balaban J connectivity index is 2.69. The van der Waals surface area contributed by atoms with E-state index in [1.54, 1.807) is 12.2 Å². The predicted molar refractivity (Wildman–Crippen MR) is 32.3 cm³/mol. The second kappa shape index (κ2) is 2.35. The fourth-order valence-corrected chi connectivity index (χ4v) is 0.564. The topological polar surface area (TPSA) is 52.3 Å². The number of allylic oxidation sites excluding steroid dienone is 2. The molecule has 1 atom stereocenters. The Kier molecular flexibility index (Phi) is 1.53. The van der Waals surface area contributed by atoms with E-state index in [0.29, 0.717) is 12.0 Å². The van der Waals surface area contributed by atoms with Gasteiger partial charge in [0, 0.05) is 0 Å². The van der Waals surface area contributed by atoms with E-state index in [1.165, 1.54) is 6.26 Å². The van der Waals surface area contributed by atoms with E-state index < -0.39 is 6.10 Å². The summed E-state index contributed by atoms with van der Waals surface area (Å²) in [5, 5.41) is 0. The number of carbonyl (C=O) groups excluding carboxylic acids is 1. The summed E-state index contributed by atoms with van der Waals surface area (Å²) in [7, 11) is 0. The average molecular weight is 125 g/mol. The van der Waals surface area contributed by atoms with E-state index in [2.05, 4.69) is 0 Å². The minimum atomic E-state index is -0.574. The van der Waals surface area contributed by atoms with Gasteiger partial charge in [0.25, 0.3) is 0 Å². The highest BCUT2D eigenvalue weighted by Crippen LogP contribution is 2.03. The van der Waals surface area contributed by atoms with Gasteiger partial charge in [-0.25, -0.2) is 0 Å². The number of hydrogen-bond donors (Lipinski definition) is 1. The molecule has 9 heavy (non-hydrogen) atoms. The van der Waals surface area contributed by atoms with Gasteiger partial charge in [-0.15, -0.1) is 0 Å². The van der Waals surface area contributed by atoms with Gasteiger partial charge < -0.3 is 10.5 Å². The van der Waals surface area contributed by atoms with Crippen molar-refractivity contribution in [1.82, 2.24) is 0 Å². The quantitative estimate of drug-likeness (QED) is 0.499. The lowest BCUT2D eigenvalue weighted by Gasteiger charge is -2.12. The maximum absolute atomic E-state index is 10.1. The highest BCUT2D eigenvalue weighted by molar-refractivity contribution is 5.62. The van der Waals surface area contributed by atoms with Crippen LogP contribution in [-0.2, 0) is 9.53 Å². The molecular weight excluding hydrogens is 118 g/mol. The summed E-state index contributed by atoms with van der Waals surface area (Å²) >= 11 is 0. The standard InChI is InChI=1S/C6H7NO2/c7-5-2-1-3-9-6(5)4-8/h1-4,6H,7H2. The van der Waals surface area contributed by atoms with Gasteiger partial charge in [-0.3, -0.25) is 4.79 Å². The molecule has 0 radical (unpaired) electrons. The van der Waals surface area contributed by atoms with Gasteiger partial charge in [0.15, 0.2) is 12.4 Å². The first kappa shape index (κ1) is 5.88. The molecule has 1 aliphatic heterocycles. The first-order valence-corrected chi connectivity index (χ1v) is 2.57. The summed E-state index contributed by atoms with van der Waals surface area (Å²) in [5.41, 5.74) is 5.79. The maximum Gasteiger partial charge on any atom is 0.192 e. The molecule has 3 nitrogen and oxygen atoms in total. The molecule has 1 heterocycles. The molecule has 3 heteroatoms. The second-order valence-corrected chi connectivity index (χ2v) is 1.69. The van der Waals surface area contributed by atoms with Crippen molar-refractivity contribution in [2.75, 3.05) is 0 Å². The van der Waals surface area contributed by atoms with Gasteiger partial charge in [-0.1, -0.05) is 0 Å². The molecule has 2 N–H and O–H groups in total. The molecule has 0 aliphatic carbocycles. The SMILES string of the molecule is NC1=CC=COC1C=O. The van der Waals surface area contributed by atoms with Crippen LogP contribution >= 0.6 is 0 Å². The van der Waals surface area contributed by atoms with Crippen molar-refractivity contribution in [3.05, 3.63) is 24.1 Å². The van der Waals surface area contributed by atoms with Crippen molar-refractivity contribution in [3.8, 4) is 0 Å². The summed E-state index contributed by atoms with van der Waals surface area (Å²) in [6, 6.07) is 0. The van der Waals surface area contributed by atoms with E-state index in [1.807, 2.05) is 0 Å². The molecule has 1 aliphatic rings. The Morgan fingerprint density at radius 1 is 1.78 bits per heavy atom. The van der Waals surface area contributed by atoms with Gasteiger partial charge in [0.1, 0.15) is 0 Å². The van der Waals surface area contributed by atoms with Crippen LogP contribution in [0, 0.1) is 0 Å². The number of aldehydes is 1. The molecule has 0 aromatic rings. The minimum Gasteiger partial charge on any atom is -0.484 e. The average Bonchev–Trinajstić information content (AvgIpc) is 1.89. The van der Waals surface area contributed by atoms with E-state index in [-0.39, 0.29) is 0 Å². The molecule has 0 saturated heterocycles. The highest BCUT2D eigenvalue weighted by Gasteiger charge is 2.10. The number of rotatable bonds is 1. The zero-order valence-electron chi connectivity index (χ0n) is 4.78. The number of carbonyl (C=O) groups is 1. The van der Waals surface area contributed by atoms with Crippen molar-refractivity contribution in [3.63, 3.8) is 0 Å². The predicted octanol–water partition coefficient (Wildman–Crippen LogP) is -0.0596. The van der Waals surface area contributed by atoms with Crippen LogP contribution in [-0.4, -0.2) is 12.4 Å². The fourth-order valence-electron chi connectivity index (χ4n) is 0.564. The van der Waals surface area contributed by atoms with Gasteiger partial charge in [0.05, 0.1) is 12.0 Å². The van der Waals surface area contributed by atoms with Crippen molar-refractivity contribution in [2.24, 2.45) is 5.73 Å². The summed E-state index contributed by atoms with van der Waals surface area (Å²) in [6.07, 6.45) is 4.82. The molecule has 0 bridgehead atoms. The maximum atomic E-state index is 10.1. The van der Waals surface area contributed by atoms with Gasteiger partial charge in [-0.05, 0) is 12.2 Å². The first-order chi connectivity index (χ1) is 4.34. The van der Waals surface area contributed by atoms with E-state index >= 15 is 0 Å². The molecule has 48 valence electrons. The summed E-state index contributed by atoms with van der Waals surface area (Å²) < 4.78 is 4.80. The molecule has 0 fully saturated rings. The third-order valence-corrected chi connectivity index (χ3v) is 1.04. The van der Waals surface area contributed by atoms with Crippen LogP contribution in [0.15, 0.2) is 24.1 Å². The van der Waals surface area contributed by atoms with Gasteiger partial charge in [-0.2, -0.15) is 0 Å². The normalized spacial score (nSPS) is 24.4. The minimum absolute atomic E-state index is 0.451. The third kappa shape index (κ3) is 1.10. The lowest BCUT2D eigenvalue weighted by molar-refractivity contribution is -0.113. The Labute approximate surface area is 52.8 Å². The Hall–Kier alpha value is -1.25. The zero-order chi connectivity index (χ0) is 6.69. The second-order valence-electron chi connectivity index (χ2n) is 1.69. The van der Waals surface area contributed by atoms with Crippen LogP contribution in [0.2, 0.25) is 0 Å². The molecule has 0 aromatic carbocycles. The number of ether oxygens (including phenoxy) is 1. The molecule has 0 aromatic heterocycles. The molecule has 0 amide bonds. The van der Waals surface area contributed by atoms with E-state index in [4.69, 9.17) is 10.5 Å². The van der Waals surface area contributed by atoms with E-state index in [0.717, 1.165) is 0 Å². The van der Waals surface area contributed by atoms with Crippen molar-refractivity contribution in [1.29, 1.82) is 0 Å². The van der Waals surface area contributed by atoms with Crippen LogP contribution in [0.5, 0.6) is 0 Å². The van der Waals surface area contributed by atoms with Gasteiger partial charge >= 0.3 is 0 Å². The first-order valence-electron chi connectivity index (χ1n) is 2.57. The number of nitrogens with two attached hydrogens (primary N) is 1. The van der Waals surface area contributed by atoms with Crippen molar-refractivity contribution in [2.45, 2.75) is 6.10 Å².